The number of carboxylic acids is 1. The van der Waals surface area contributed by atoms with Gasteiger partial charge in [0.1, 0.15) is 24.1 Å². The van der Waals surface area contributed by atoms with Crippen LogP contribution >= 0.6 is 0 Å². The first kappa shape index (κ1) is 21.4. The molecule has 33 heavy (non-hydrogen) atoms. The maximum Gasteiger partial charge on any atom is 0.320 e. The minimum Gasteiger partial charge on any atom is -0.490 e. The number of hydrogen-bond donors (Lipinski definition) is 3. The first-order valence-corrected chi connectivity index (χ1v) is 11.3. The van der Waals surface area contributed by atoms with Crippen LogP contribution < -0.4 is 14.8 Å². The summed E-state index contributed by atoms with van der Waals surface area (Å²) >= 11 is 0. The van der Waals surface area contributed by atoms with Gasteiger partial charge in [0, 0.05) is 6.07 Å². The molecule has 1 aromatic heterocycles. The van der Waals surface area contributed by atoms with Crippen LogP contribution in [0, 0.1) is 11.8 Å². The van der Waals surface area contributed by atoms with E-state index in [1.165, 1.54) is 0 Å². The van der Waals surface area contributed by atoms with E-state index in [0.717, 1.165) is 36.9 Å². The number of nitrogens with one attached hydrogen (secondary N) is 2. The molecule has 5 rings (SSSR count). The average Bonchev–Trinajstić information content (AvgIpc) is 3.38. The summed E-state index contributed by atoms with van der Waals surface area (Å²) in [5.41, 5.74) is 1.83. The van der Waals surface area contributed by atoms with Crippen LogP contribution in [0.3, 0.4) is 0 Å². The topological polar surface area (TPSA) is 122 Å². The van der Waals surface area contributed by atoms with Crippen LogP contribution in [0.1, 0.15) is 31.2 Å². The molecular formula is C24H27N5O4. The van der Waals surface area contributed by atoms with E-state index in [0.29, 0.717) is 42.2 Å². The van der Waals surface area contributed by atoms with Crippen LogP contribution in [-0.4, -0.2) is 50.4 Å². The van der Waals surface area contributed by atoms with Crippen LogP contribution in [0.2, 0.25) is 0 Å². The normalized spacial score (nSPS) is 24.6. The molecule has 1 aliphatic heterocycles. The fraction of sp³-hybridized carbons (Fsp3) is 0.417. The highest BCUT2D eigenvalue weighted by atomic mass is 16.5. The van der Waals surface area contributed by atoms with E-state index in [-0.39, 0.29) is 6.10 Å². The summed E-state index contributed by atoms with van der Waals surface area (Å²) in [6.07, 6.45) is 3.39. The van der Waals surface area contributed by atoms with Crippen molar-refractivity contribution in [2.45, 2.75) is 44.4 Å². The van der Waals surface area contributed by atoms with Crippen LogP contribution in [0.25, 0.3) is 11.4 Å². The van der Waals surface area contributed by atoms with Crippen molar-refractivity contribution >= 4 is 5.97 Å². The van der Waals surface area contributed by atoms with Crippen molar-refractivity contribution < 1.29 is 19.4 Å². The quantitative estimate of drug-likeness (QED) is 0.503. The molecule has 1 aliphatic carbocycles. The Morgan fingerprint density at radius 3 is 2.76 bits per heavy atom. The van der Waals surface area contributed by atoms with E-state index < -0.39 is 12.0 Å². The standard InChI is InChI=1S/C24H27N5O4/c30-24(31)21-11-17-10-19(7-6-16(17)13-25-21)33-22-12-18(32-14-15-4-2-1-3-5-15)8-9-20(22)23-26-28-29-27-23/h1-5,8-9,12,16-17,19,21,25H,6-7,10-11,13-14H2,(H,30,31)(H,26,27,28,29)/t16-,17+,19-,21-/m0/s1. The number of nitrogens with zero attached hydrogens (tertiary/aromatic N) is 3. The lowest BCUT2D eigenvalue weighted by molar-refractivity contribution is -0.141. The predicted molar refractivity (Wildman–Crippen MR) is 120 cm³/mol. The van der Waals surface area contributed by atoms with E-state index in [9.17, 15) is 9.90 Å². The summed E-state index contributed by atoms with van der Waals surface area (Å²) in [6.45, 7) is 1.21. The fourth-order valence-corrected chi connectivity index (χ4v) is 4.89. The number of ether oxygens (including phenoxy) is 2. The molecular weight excluding hydrogens is 422 g/mol. The summed E-state index contributed by atoms with van der Waals surface area (Å²) in [6, 6.07) is 15.2. The molecule has 2 aliphatic rings. The van der Waals surface area contributed by atoms with Gasteiger partial charge in [0.2, 0.25) is 5.82 Å². The number of aliphatic carboxylic acids is 1. The fourth-order valence-electron chi connectivity index (χ4n) is 4.89. The number of hydrogen-bond acceptors (Lipinski definition) is 7. The zero-order chi connectivity index (χ0) is 22.6. The molecule has 3 aromatic rings. The number of fused-ring (bicyclic) bond motifs is 1. The molecule has 0 spiro atoms. The Balaban J connectivity index is 1.32. The highest BCUT2D eigenvalue weighted by Gasteiger charge is 2.38. The molecule has 9 nitrogen and oxygen atoms in total. The zero-order valence-electron chi connectivity index (χ0n) is 18.2. The van der Waals surface area contributed by atoms with Crippen molar-refractivity contribution in [2.75, 3.05) is 6.54 Å². The molecule has 3 N–H and O–H groups in total. The Morgan fingerprint density at radius 2 is 1.97 bits per heavy atom. The molecule has 1 saturated carbocycles. The van der Waals surface area contributed by atoms with Gasteiger partial charge in [0.05, 0.1) is 11.7 Å². The third-order valence-electron chi connectivity index (χ3n) is 6.64. The van der Waals surface area contributed by atoms with Gasteiger partial charge in [-0.1, -0.05) is 30.3 Å². The Morgan fingerprint density at radius 1 is 1.09 bits per heavy atom. The monoisotopic (exact) mass is 449 g/mol. The molecule has 172 valence electrons. The van der Waals surface area contributed by atoms with E-state index in [4.69, 9.17) is 9.47 Å². The van der Waals surface area contributed by atoms with Crippen LogP contribution in [0.4, 0.5) is 0 Å². The van der Waals surface area contributed by atoms with E-state index >= 15 is 0 Å². The lowest BCUT2D eigenvalue weighted by Crippen LogP contribution is -2.50. The van der Waals surface area contributed by atoms with Crippen molar-refractivity contribution in [3.63, 3.8) is 0 Å². The van der Waals surface area contributed by atoms with Crippen LogP contribution in [0.15, 0.2) is 48.5 Å². The summed E-state index contributed by atoms with van der Waals surface area (Å²) in [7, 11) is 0. The minimum absolute atomic E-state index is 0.00572. The molecule has 0 radical (unpaired) electrons. The van der Waals surface area contributed by atoms with Crippen LogP contribution in [-0.2, 0) is 11.4 Å². The first-order chi connectivity index (χ1) is 16.2. The Kier molecular flexibility index (Phi) is 6.21. The van der Waals surface area contributed by atoms with Gasteiger partial charge in [-0.2, -0.15) is 5.21 Å². The number of benzene rings is 2. The Bertz CT molecular complexity index is 1080. The van der Waals surface area contributed by atoms with Gasteiger partial charge < -0.3 is 19.9 Å². The van der Waals surface area contributed by atoms with Crippen LogP contribution in [0.5, 0.6) is 11.5 Å². The number of carbonyl (C=O) groups is 1. The smallest absolute Gasteiger partial charge is 0.320 e. The number of H-pyrrole nitrogens is 1. The van der Waals surface area contributed by atoms with Gasteiger partial charge in [-0.15, -0.1) is 10.2 Å². The second-order valence-electron chi connectivity index (χ2n) is 8.78. The van der Waals surface area contributed by atoms with Crippen molar-refractivity contribution in [2.24, 2.45) is 11.8 Å². The average molecular weight is 450 g/mol. The molecule has 2 fully saturated rings. The summed E-state index contributed by atoms with van der Waals surface area (Å²) in [5.74, 6) is 1.85. The second-order valence-corrected chi connectivity index (χ2v) is 8.78. The molecule has 1 saturated heterocycles. The molecule has 0 bridgehead atoms. The number of aromatic amines is 1. The van der Waals surface area contributed by atoms with Gasteiger partial charge >= 0.3 is 5.97 Å². The first-order valence-electron chi connectivity index (χ1n) is 11.3. The van der Waals surface area contributed by atoms with E-state index in [1.807, 2.05) is 48.5 Å². The largest absolute Gasteiger partial charge is 0.490 e. The van der Waals surface area contributed by atoms with Gasteiger partial charge in [0.15, 0.2) is 0 Å². The minimum atomic E-state index is -0.779. The van der Waals surface area contributed by atoms with Crippen molar-refractivity contribution in [1.82, 2.24) is 25.9 Å². The number of aromatic nitrogens is 4. The maximum absolute atomic E-state index is 11.4. The zero-order valence-corrected chi connectivity index (χ0v) is 18.2. The summed E-state index contributed by atoms with van der Waals surface area (Å²) < 4.78 is 12.5. The molecule has 4 atom stereocenters. The maximum atomic E-state index is 11.4. The number of piperidine rings is 1. The van der Waals surface area contributed by atoms with Gasteiger partial charge in [0.25, 0.3) is 0 Å². The highest BCUT2D eigenvalue weighted by molar-refractivity contribution is 5.73. The predicted octanol–water partition coefficient (Wildman–Crippen LogP) is 3.06. The van der Waals surface area contributed by atoms with E-state index in [2.05, 4.69) is 25.9 Å². The summed E-state index contributed by atoms with van der Waals surface area (Å²) in [5, 5.41) is 27.0. The van der Waals surface area contributed by atoms with Gasteiger partial charge in [-0.25, -0.2) is 0 Å². The third kappa shape index (κ3) is 4.98. The lowest BCUT2D eigenvalue weighted by Gasteiger charge is -2.41. The third-order valence-corrected chi connectivity index (χ3v) is 6.64. The SMILES string of the molecule is O=C(O)[C@@H]1C[C@H]2C[C@@H](Oc3cc(OCc4ccccc4)ccc3-c3nn[nH]n3)CC[C@H]2CN1. The molecule has 0 amide bonds. The van der Waals surface area contributed by atoms with Gasteiger partial charge in [-0.3, -0.25) is 4.79 Å². The molecule has 9 heteroatoms. The Hall–Kier alpha value is -3.46. The van der Waals surface area contributed by atoms with Crippen molar-refractivity contribution in [3.8, 4) is 22.9 Å². The molecule has 0 unspecified atom stereocenters. The number of tetrazole rings is 1. The van der Waals surface area contributed by atoms with Crippen molar-refractivity contribution in [1.29, 1.82) is 0 Å². The summed E-state index contributed by atoms with van der Waals surface area (Å²) in [4.78, 5) is 11.4. The van der Waals surface area contributed by atoms with Crippen molar-refractivity contribution in [3.05, 3.63) is 54.1 Å². The highest BCUT2D eigenvalue weighted by Crippen LogP contribution is 2.39. The number of rotatable bonds is 7. The second kappa shape index (κ2) is 9.58. The lowest BCUT2D eigenvalue weighted by atomic mass is 9.72. The van der Waals surface area contributed by atoms with E-state index in [1.54, 1.807) is 0 Å². The van der Waals surface area contributed by atoms with Gasteiger partial charge in [-0.05, 0) is 67.0 Å². The molecule has 2 aromatic carbocycles. The Labute approximate surface area is 191 Å². The molecule has 2 heterocycles. The number of carboxylic acid groups (broad SMARTS) is 1.